The highest BCUT2D eigenvalue weighted by Gasteiger charge is 2.17. The van der Waals surface area contributed by atoms with Crippen LogP contribution in [0.25, 0.3) is 11.3 Å². The third kappa shape index (κ3) is 1.53. The number of rotatable bonds is 1. The second-order valence-corrected chi connectivity index (χ2v) is 4.94. The van der Waals surface area contributed by atoms with Crippen molar-refractivity contribution >= 4 is 15.9 Å². The minimum Gasteiger partial charge on any atom is -0.361 e. The van der Waals surface area contributed by atoms with Crippen molar-refractivity contribution in [1.82, 2.24) is 4.98 Å². The van der Waals surface area contributed by atoms with Crippen LogP contribution in [0.3, 0.4) is 0 Å². The largest absolute Gasteiger partial charge is 0.361 e. The first-order chi connectivity index (χ1) is 7.34. The van der Waals surface area contributed by atoms with E-state index < -0.39 is 0 Å². The van der Waals surface area contributed by atoms with E-state index in [1.807, 2.05) is 0 Å². The van der Waals surface area contributed by atoms with Crippen LogP contribution in [0.5, 0.6) is 0 Å². The van der Waals surface area contributed by atoms with Gasteiger partial charge in [0, 0.05) is 16.4 Å². The molecule has 15 heavy (non-hydrogen) atoms. The van der Waals surface area contributed by atoms with E-state index in [9.17, 15) is 0 Å². The maximum Gasteiger partial charge on any atom is 0.0489 e. The molecule has 0 amide bonds. The number of H-pyrrole nitrogens is 1. The van der Waals surface area contributed by atoms with Gasteiger partial charge in [-0.3, -0.25) is 0 Å². The zero-order valence-electron chi connectivity index (χ0n) is 8.39. The normalized spacial score (nSPS) is 14.2. The molecule has 76 valence electrons. The number of fused-ring (bicyclic) bond motifs is 1. The SMILES string of the molecule is Brc1ccc(-c2[nH]cc3c2CCC3)cc1. The van der Waals surface area contributed by atoms with Gasteiger partial charge in [0.05, 0.1) is 0 Å². The van der Waals surface area contributed by atoms with Gasteiger partial charge in [-0.05, 0) is 48.1 Å². The minimum absolute atomic E-state index is 1.13. The van der Waals surface area contributed by atoms with Gasteiger partial charge in [0.1, 0.15) is 0 Å². The number of nitrogens with one attached hydrogen (secondary N) is 1. The van der Waals surface area contributed by atoms with Crippen LogP contribution in [-0.4, -0.2) is 4.98 Å². The first-order valence-corrected chi connectivity index (χ1v) is 6.09. The maximum atomic E-state index is 3.46. The molecular weight excluding hydrogens is 250 g/mol. The number of halogens is 1. The third-order valence-electron chi connectivity index (χ3n) is 3.09. The van der Waals surface area contributed by atoms with Gasteiger partial charge in [0.15, 0.2) is 0 Å². The molecule has 1 nitrogen and oxygen atoms in total. The average molecular weight is 262 g/mol. The molecule has 1 aliphatic rings. The van der Waals surface area contributed by atoms with Crippen LogP contribution in [0.1, 0.15) is 17.5 Å². The molecule has 0 bridgehead atoms. The molecule has 0 unspecified atom stereocenters. The summed E-state index contributed by atoms with van der Waals surface area (Å²) in [5.41, 5.74) is 5.64. The first-order valence-electron chi connectivity index (χ1n) is 5.29. The summed E-state index contributed by atoms with van der Waals surface area (Å²) in [5.74, 6) is 0. The van der Waals surface area contributed by atoms with Gasteiger partial charge in [0.2, 0.25) is 0 Å². The number of hydrogen-bond acceptors (Lipinski definition) is 0. The van der Waals surface area contributed by atoms with Crippen LogP contribution in [0.15, 0.2) is 34.9 Å². The predicted molar refractivity (Wildman–Crippen MR) is 66.0 cm³/mol. The van der Waals surface area contributed by atoms with Crippen molar-refractivity contribution in [2.45, 2.75) is 19.3 Å². The molecule has 3 rings (SSSR count). The summed E-state index contributed by atoms with van der Waals surface area (Å²) >= 11 is 3.46. The lowest BCUT2D eigenvalue weighted by molar-refractivity contribution is 0.903. The highest BCUT2D eigenvalue weighted by Crippen LogP contribution is 2.32. The number of aromatic amines is 1. The Morgan fingerprint density at radius 3 is 2.67 bits per heavy atom. The molecule has 0 saturated heterocycles. The lowest BCUT2D eigenvalue weighted by Gasteiger charge is -2.01. The Morgan fingerprint density at radius 2 is 1.87 bits per heavy atom. The van der Waals surface area contributed by atoms with E-state index in [1.54, 1.807) is 0 Å². The molecule has 0 atom stereocenters. The highest BCUT2D eigenvalue weighted by atomic mass is 79.9. The molecular formula is C13H12BrN. The minimum atomic E-state index is 1.13. The summed E-state index contributed by atoms with van der Waals surface area (Å²) in [6.45, 7) is 0. The predicted octanol–water partition coefficient (Wildman–Crippen LogP) is 3.93. The fourth-order valence-electron chi connectivity index (χ4n) is 2.33. The fraction of sp³-hybridized carbons (Fsp3) is 0.231. The van der Waals surface area contributed by atoms with Gasteiger partial charge in [-0.15, -0.1) is 0 Å². The van der Waals surface area contributed by atoms with Crippen LogP contribution < -0.4 is 0 Å². The average Bonchev–Trinajstić information content (AvgIpc) is 2.80. The summed E-state index contributed by atoms with van der Waals surface area (Å²) < 4.78 is 1.13. The van der Waals surface area contributed by atoms with E-state index in [0.29, 0.717) is 0 Å². The van der Waals surface area contributed by atoms with Crippen LogP contribution in [0.2, 0.25) is 0 Å². The van der Waals surface area contributed by atoms with Crippen molar-refractivity contribution in [3.05, 3.63) is 46.1 Å². The summed E-state index contributed by atoms with van der Waals surface area (Å²) in [6, 6.07) is 8.51. The zero-order valence-corrected chi connectivity index (χ0v) is 9.97. The van der Waals surface area contributed by atoms with Gasteiger partial charge < -0.3 is 4.98 Å². The Hall–Kier alpha value is -1.02. The number of aromatic nitrogens is 1. The van der Waals surface area contributed by atoms with Gasteiger partial charge >= 0.3 is 0 Å². The van der Waals surface area contributed by atoms with Gasteiger partial charge in [-0.25, -0.2) is 0 Å². The standard InChI is InChI=1S/C13H12BrN/c14-11-6-4-9(5-7-11)13-12-3-1-2-10(12)8-15-13/h4-8,15H,1-3H2. The lowest BCUT2D eigenvalue weighted by atomic mass is 10.1. The van der Waals surface area contributed by atoms with E-state index >= 15 is 0 Å². The Bertz CT molecular complexity index is 482. The smallest absolute Gasteiger partial charge is 0.0489 e. The van der Waals surface area contributed by atoms with Crippen molar-refractivity contribution in [2.75, 3.05) is 0 Å². The Balaban J connectivity index is 2.09. The molecule has 0 saturated carbocycles. The number of aryl methyl sites for hydroxylation is 1. The lowest BCUT2D eigenvalue weighted by Crippen LogP contribution is -1.83. The Labute approximate surface area is 97.7 Å². The van der Waals surface area contributed by atoms with Crippen LogP contribution >= 0.6 is 15.9 Å². The van der Waals surface area contributed by atoms with Gasteiger partial charge in [-0.2, -0.15) is 0 Å². The van der Waals surface area contributed by atoms with Crippen molar-refractivity contribution in [1.29, 1.82) is 0 Å². The van der Waals surface area contributed by atoms with Crippen LogP contribution in [0, 0.1) is 0 Å². The molecule has 1 aromatic carbocycles. The van der Waals surface area contributed by atoms with Gasteiger partial charge in [-0.1, -0.05) is 28.1 Å². The second-order valence-electron chi connectivity index (χ2n) is 4.03. The van der Waals surface area contributed by atoms with E-state index in [2.05, 4.69) is 51.4 Å². The van der Waals surface area contributed by atoms with Crippen LogP contribution in [0.4, 0.5) is 0 Å². The van der Waals surface area contributed by atoms with E-state index in [4.69, 9.17) is 0 Å². The van der Waals surface area contributed by atoms with Crippen LogP contribution in [-0.2, 0) is 12.8 Å². The van der Waals surface area contributed by atoms with Crippen molar-refractivity contribution in [3.8, 4) is 11.3 Å². The summed E-state index contributed by atoms with van der Waals surface area (Å²) in [5, 5.41) is 0. The molecule has 0 aliphatic heterocycles. The molecule has 2 aromatic rings. The quantitative estimate of drug-likeness (QED) is 0.801. The molecule has 1 aromatic heterocycles. The van der Waals surface area contributed by atoms with E-state index in [1.165, 1.54) is 41.6 Å². The first kappa shape index (κ1) is 9.22. The van der Waals surface area contributed by atoms with Gasteiger partial charge in [0.25, 0.3) is 0 Å². The highest BCUT2D eigenvalue weighted by molar-refractivity contribution is 9.10. The molecule has 0 radical (unpaired) electrons. The maximum absolute atomic E-state index is 3.46. The van der Waals surface area contributed by atoms with E-state index in [0.717, 1.165) is 4.47 Å². The zero-order chi connectivity index (χ0) is 10.3. The van der Waals surface area contributed by atoms with Crippen molar-refractivity contribution < 1.29 is 0 Å². The molecule has 0 spiro atoms. The monoisotopic (exact) mass is 261 g/mol. The summed E-state index contributed by atoms with van der Waals surface area (Å²) in [7, 11) is 0. The molecule has 1 N–H and O–H groups in total. The summed E-state index contributed by atoms with van der Waals surface area (Å²) in [4.78, 5) is 3.40. The Kier molecular flexibility index (Phi) is 2.17. The van der Waals surface area contributed by atoms with E-state index in [-0.39, 0.29) is 0 Å². The van der Waals surface area contributed by atoms with Crippen molar-refractivity contribution in [2.24, 2.45) is 0 Å². The third-order valence-corrected chi connectivity index (χ3v) is 3.61. The molecule has 0 fully saturated rings. The molecule has 2 heteroatoms. The number of benzene rings is 1. The second kappa shape index (κ2) is 3.53. The summed E-state index contributed by atoms with van der Waals surface area (Å²) in [6.07, 6.45) is 5.94. The van der Waals surface area contributed by atoms with Crippen molar-refractivity contribution in [3.63, 3.8) is 0 Å². The molecule has 1 heterocycles. The fourth-order valence-corrected chi connectivity index (χ4v) is 2.60. The number of hydrogen-bond donors (Lipinski definition) is 1. The molecule has 1 aliphatic carbocycles. The Morgan fingerprint density at radius 1 is 1.07 bits per heavy atom. The topological polar surface area (TPSA) is 15.8 Å².